The highest BCUT2D eigenvalue weighted by Crippen LogP contribution is 2.17. The molecular formula is C15H24N2O. The van der Waals surface area contributed by atoms with Crippen LogP contribution in [0.3, 0.4) is 0 Å². The van der Waals surface area contributed by atoms with Crippen molar-refractivity contribution in [2.75, 3.05) is 32.6 Å². The summed E-state index contributed by atoms with van der Waals surface area (Å²) in [5, 5.41) is 3.64. The summed E-state index contributed by atoms with van der Waals surface area (Å²) < 4.78 is 5.12. The number of nitrogens with one attached hydrogen (secondary N) is 1. The Morgan fingerprint density at radius 1 is 1.22 bits per heavy atom. The minimum Gasteiger partial charge on any atom is -0.382 e. The van der Waals surface area contributed by atoms with Crippen LogP contribution in [0.15, 0.2) is 24.3 Å². The third-order valence-electron chi connectivity index (χ3n) is 3.59. The van der Waals surface area contributed by atoms with Crippen LogP contribution in [0.5, 0.6) is 0 Å². The Kier molecular flexibility index (Phi) is 5.02. The molecule has 0 amide bonds. The molecule has 0 bridgehead atoms. The summed E-state index contributed by atoms with van der Waals surface area (Å²) in [6.45, 7) is 3.11. The van der Waals surface area contributed by atoms with Gasteiger partial charge in [-0.2, -0.15) is 0 Å². The van der Waals surface area contributed by atoms with Gasteiger partial charge in [-0.3, -0.25) is 0 Å². The largest absolute Gasteiger partial charge is 0.382 e. The van der Waals surface area contributed by atoms with Crippen molar-refractivity contribution in [1.29, 1.82) is 0 Å². The summed E-state index contributed by atoms with van der Waals surface area (Å²) >= 11 is 0. The van der Waals surface area contributed by atoms with Crippen LogP contribution in [0, 0.1) is 0 Å². The van der Waals surface area contributed by atoms with Gasteiger partial charge in [-0.25, -0.2) is 0 Å². The van der Waals surface area contributed by atoms with Gasteiger partial charge in [0.2, 0.25) is 0 Å². The number of likely N-dealkylation sites (tertiary alicyclic amines) is 1. The number of ether oxygens (including phenoxy) is 1. The molecule has 0 radical (unpaired) electrons. The van der Waals surface area contributed by atoms with Gasteiger partial charge in [0.15, 0.2) is 0 Å². The Hall–Kier alpha value is -1.06. The lowest BCUT2D eigenvalue weighted by Crippen LogP contribution is -2.22. The van der Waals surface area contributed by atoms with Crippen molar-refractivity contribution in [1.82, 2.24) is 4.90 Å². The molecule has 100 valence electrons. The van der Waals surface area contributed by atoms with Gasteiger partial charge < -0.3 is 15.0 Å². The van der Waals surface area contributed by atoms with Crippen molar-refractivity contribution >= 4 is 5.69 Å². The van der Waals surface area contributed by atoms with Crippen LogP contribution in [0.1, 0.15) is 24.8 Å². The van der Waals surface area contributed by atoms with E-state index >= 15 is 0 Å². The fourth-order valence-electron chi connectivity index (χ4n) is 2.48. The highest BCUT2D eigenvalue weighted by atomic mass is 16.5. The van der Waals surface area contributed by atoms with Gasteiger partial charge in [0.1, 0.15) is 0 Å². The van der Waals surface area contributed by atoms with E-state index in [0.717, 1.165) is 0 Å². The second-order valence-corrected chi connectivity index (χ2v) is 5.21. The molecule has 0 aromatic heterocycles. The lowest BCUT2D eigenvalue weighted by Gasteiger charge is -2.18. The number of hydrogen-bond donors (Lipinski definition) is 1. The topological polar surface area (TPSA) is 24.5 Å². The number of hydrogen-bond acceptors (Lipinski definition) is 3. The van der Waals surface area contributed by atoms with Crippen LogP contribution < -0.4 is 5.32 Å². The predicted molar refractivity (Wildman–Crippen MR) is 75.9 cm³/mol. The van der Waals surface area contributed by atoms with Gasteiger partial charge >= 0.3 is 0 Å². The maximum Gasteiger partial charge on any atom is 0.0713 e. The minimum absolute atomic E-state index is 0.614. The summed E-state index contributed by atoms with van der Waals surface area (Å²) in [5.74, 6) is 0. The molecule has 3 nitrogen and oxygen atoms in total. The van der Waals surface area contributed by atoms with E-state index in [4.69, 9.17) is 4.74 Å². The quantitative estimate of drug-likeness (QED) is 0.886. The molecule has 1 aliphatic heterocycles. The van der Waals surface area contributed by atoms with Crippen LogP contribution >= 0.6 is 0 Å². The number of nitrogens with zero attached hydrogens (tertiary/aromatic N) is 1. The van der Waals surface area contributed by atoms with Crippen molar-refractivity contribution in [2.45, 2.75) is 31.9 Å². The van der Waals surface area contributed by atoms with Gasteiger partial charge in [-0.1, -0.05) is 12.1 Å². The Bertz CT molecular complexity index is 350. The normalized spacial score (nSPS) is 21.6. The second-order valence-electron chi connectivity index (χ2n) is 5.21. The van der Waals surface area contributed by atoms with Crippen molar-refractivity contribution in [2.24, 2.45) is 0 Å². The van der Waals surface area contributed by atoms with Crippen molar-refractivity contribution in [3.05, 3.63) is 29.8 Å². The summed E-state index contributed by atoms with van der Waals surface area (Å²) in [6, 6.07) is 9.19. The summed E-state index contributed by atoms with van der Waals surface area (Å²) in [5.41, 5.74) is 2.45. The lowest BCUT2D eigenvalue weighted by molar-refractivity contribution is 0.185. The van der Waals surface area contributed by atoms with Gasteiger partial charge in [-0.05, 0) is 57.1 Å². The number of anilines is 1. The second kappa shape index (κ2) is 6.76. The fourth-order valence-corrected chi connectivity index (χ4v) is 2.48. The van der Waals surface area contributed by atoms with Gasteiger partial charge in [-0.15, -0.1) is 0 Å². The zero-order valence-electron chi connectivity index (χ0n) is 11.5. The van der Waals surface area contributed by atoms with Gasteiger partial charge in [0, 0.05) is 18.8 Å². The smallest absolute Gasteiger partial charge is 0.0713 e. The molecule has 0 aliphatic carbocycles. The maximum absolute atomic E-state index is 5.12. The Labute approximate surface area is 110 Å². The molecule has 1 heterocycles. The van der Waals surface area contributed by atoms with Crippen LogP contribution in [0.2, 0.25) is 0 Å². The first-order valence-electron chi connectivity index (χ1n) is 6.81. The highest BCUT2D eigenvalue weighted by Gasteiger charge is 2.14. The fraction of sp³-hybridized carbons (Fsp3) is 0.600. The lowest BCUT2D eigenvalue weighted by atomic mass is 10.1. The molecule has 2 rings (SSSR count). The highest BCUT2D eigenvalue weighted by molar-refractivity contribution is 5.45. The molecule has 1 aliphatic rings. The molecular weight excluding hydrogens is 224 g/mol. The Balaban J connectivity index is 1.88. The van der Waals surface area contributed by atoms with Crippen LogP contribution in [0.4, 0.5) is 5.69 Å². The van der Waals surface area contributed by atoms with E-state index in [1.165, 1.54) is 43.6 Å². The Morgan fingerprint density at radius 3 is 2.72 bits per heavy atom. The SMILES string of the molecule is COCc1ccc(NC2CCCN(C)CC2)cc1. The van der Waals surface area contributed by atoms with E-state index in [1.54, 1.807) is 7.11 Å². The van der Waals surface area contributed by atoms with Crippen molar-refractivity contribution in [3.8, 4) is 0 Å². The molecule has 1 unspecified atom stereocenters. The molecule has 1 aromatic rings. The molecule has 1 saturated heterocycles. The van der Waals surface area contributed by atoms with Crippen LogP contribution in [-0.4, -0.2) is 38.2 Å². The molecule has 1 atom stereocenters. The number of benzene rings is 1. The van der Waals surface area contributed by atoms with E-state index in [1.807, 2.05) is 0 Å². The minimum atomic E-state index is 0.614. The maximum atomic E-state index is 5.12. The van der Waals surface area contributed by atoms with Crippen molar-refractivity contribution < 1.29 is 4.74 Å². The molecule has 3 heteroatoms. The summed E-state index contributed by atoms with van der Waals surface area (Å²) in [4.78, 5) is 2.42. The average Bonchev–Trinajstić information content (AvgIpc) is 2.57. The van der Waals surface area contributed by atoms with Gasteiger partial charge in [0.05, 0.1) is 6.61 Å². The first-order valence-corrected chi connectivity index (χ1v) is 6.81. The van der Waals surface area contributed by atoms with Crippen LogP contribution in [-0.2, 0) is 11.3 Å². The molecule has 0 spiro atoms. The molecule has 1 aromatic carbocycles. The third-order valence-corrected chi connectivity index (χ3v) is 3.59. The number of rotatable bonds is 4. The standard InChI is InChI=1S/C15H24N2O/c1-17-10-3-4-14(9-11-17)16-15-7-5-13(6-8-15)12-18-2/h5-8,14,16H,3-4,9-12H2,1-2H3. The third kappa shape index (κ3) is 4.00. The zero-order valence-corrected chi connectivity index (χ0v) is 11.5. The zero-order chi connectivity index (χ0) is 12.8. The van der Waals surface area contributed by atoms with E-state index in [2.05, 4.69) is 41.5 Å². The average molecular weight is 248 g/mol. The molecule has 1 N–H and O–H groups in total. The predicted octanol–water partition coefficient (Wildman–Crippen LogP) is 2.73. The van der Waals surface area contributed by atoms with E-state index in [9.17, 15) is 0 Å². The molecule has 18 heavy (non-hydrogen) atoms. The molecule has 0 saturated carbocycles. The summed E-state index contributed by atoms with van der Waals surface area (Å²) in [7, 11) is 3.94. The van der Waals surface area contributed by atoms with Crippen molar-refractivity contribution in [3.63, 3.8) is 0 Å². The summed E-state index contributed by atoms with van der Waals surface area (Å²) in [6.07, 6.45) is 3.79. The number of methoxy groups -OCH3 is 1. The monoisotopic (exact) mass is 248 g/mol. The van der Waals surface area contributed by atoms with Gasteiger partial charge in [0.25, 0.3) is 0 Å². The van der Waals surface area contributed by atoms with E-state index in [-0.39, 0.29) is 0 Å². The van der Waals surface area contributed by atoms with E-state index < -0.39 is 0 Å². The Morgan fingerprint density at radius 2 is 2.00 bits per heavy atom. The molecule has 1 fully saturated rings. The first-order chi connectivity index (χ1) is 8.78. The first kappa shape index (κ1) is 13.4. The van der Waals surface area contributed by atoms with Crippen LogP contribution in [0.25, 0.3) is 0 Å². The van der Waals surface area contributed by atoms with E-state index in [0.29, 0.717) is 12.6 Å².